The number of benzene rings is 1. The summed E-state index contributed by atoms with van der Waals surface area (Å²) in [6.45, 7) is 0. The monoisotopic (exact) mass is 215 g/mol. The van der Waals surface area contributed by atoms with Gasteiger partial charge in [-0.25, -0.2) is 0 Å². The van der Waals surface area contributed by atoms with Crippen LogP contribution in [0.15, 0.2) is 24.3 Å². The lowest BCUT2D eigenvalue weighted by molar-refractivity contribution is 0.0999. The highest BCUT2D eigenvalue weighted by Crippen LogP contribution is 2.10. The first-order chi connectivity index (χ1) is 6.40. The first-order valence-corrected chi connectivity index (χ1v) is 5.34. The lowest BCUT2D eigenvalue weighted by atomic mass is 10.1. The van der Waals surface area contributed by atoms with E-state index in [1.54, 1.807) is 12.1 Å². The summed E-state index contributed by atoms with van der Waals surface area (Å²) in [6, 6.07) is 5.96. The van der Waals surface area contributed by atoms with Crippen LogP contribution in [0.5, 0.6) is 0 Å². The Morgan fingerprint density at radius 3 is 2.43 bits per heavy atom. The first-order valence-electron chi connectivity index (χ1n) is 3.73. The highest BCUT2D eigenvalue weighted by Gasteiger charge is 2.13. The van der Waals surface area contributed by atoms with Crippen LogP contribution in [0.25, 0.3) is 0 Å². The molecule has 0 heterocycles. The van der Waals surface area contributed by atoms with Crippen molar-refractivity contribution in [3.05, 3.63) is 35.4 Å². The molecule has 1 rings (SSSR count). The second-order valence-electron chi connectivity index (χ2n) is 2.75. The van der Waals surface area contributed by atoms with E-state index in [0.717, 1.165) is 0 Å². The summed E-state index contributed by atoms with van der Waals surface area (Å²) >= 11 is 0. The molecule has 0 aromatic heterocycles. The Bertz CT molecular complexity index is 452. The van der Waals surface area contributed by atoms with E-state index in [1.807, 2.05) is 0 Å². The van der Waals surface area contributed by atoms with E-state index in [9.17, 15) is 13.2 Å². The van der Waals surface area contributed by atoms with Crippen molar-refractivity contribution < 1.29 is 17.8 Å². The molecule has 1 aromatic carbocycles. The van der Waals surface area contributed by atoms with E-state index < -0.39 is 21.8 Å². The van der Waals surface area contributed by atoms with Crippen LogP contribution in [0.4, 0.5) is 0 Å². The Labute approximate surface area is 81.3 Å². The second kappa shape index (κ2) is 3.77. The highest BCUT2D eigenvalue weighted by atomic mass is 32.2. The summed E-state index contributed by atoms with van der Waals surface area (Å²) < 4.78 is 29.8. The van der Waals surface area contributed by atoms with Crippen molar-refractivity contribution in [1.82, 2.24) is 0 Å². The van der Waals surface area contributed by atoms with Gasteiger partial charge in [-0.15, -0.1) is 0 Å². The van der Waals surface area contributed by atoms with Crippen molar-refractivity contribution in [2.24, 2.45) is 5.73 Å². The van der Waals surface area contributed by atoms with Crippen molar-refractivity contribution in [3.8, 4) is 0 Å². The molecule has 0 bridgehead atoms. The summed E-state index contributed by atoms with van der Waals surface area (Å²) in [5.41, 5.74) is 5.32. The highest BCUT2D eigenvalue weighted by molar-refractivity contribution is 7.85. The van der Waals surface area contributed by atoms with E-state index in [1.165, 1.54) is 12.1 Å². The van der Waals surface area contributed by atoms with Crippen LogP contribution >= 0.6 is 0 Å². The minimum absolute atomic E-state index is 0.102. The summed E-state index contributed by atoms with van der Waals surface area (Å²) in [5, 5.41) is 0. The predicted octanol–water partition coefficient (Wildman–Crippen LogP) is 0.173. The lowest BCUT2D eigenvalue weighted by Gasteiger charge is -2.03. The fourth-order valence-electron chi connectivity index (χ4n) is 1.08. The van der Waals surface area contributed by atoms with E-state index in [-0.39, 0.29) is 11.1 Å². The molecule has 0 radical (unpaired) electrons. The van der Waals surface area contributed by atoms with Gasteiger partial charge in [0.2, 0.25) is 5.91 Å². The van der Waals surface area contributed by atoms with Crippen molar-refractivity contribution in [2.45, 2.75) is 5.75 Å². The Morgan fingerprint density at radius 1 is 1.36 bits per heavy atom. The van der Waals surface area contributed by atoms with Crippen molar-refractivity contribution >= 4 is 16.0 Å². The maximum Gasteiger partial charge on any atom is 0.269 e. The standard InChI is InChI=1S/C8H9NO4S/c9-8(10)7-4-2-1-3-6(7)5-14(11,12)13/h1-4H,5H2,(H2,9,10)(H,11,12,13). The zero-order chi connectivity index (χ0) is 10.8. The Hall–Kier alpha value is -1.40. The Morgan fingerprint density at radius 2 is 1.93 bits per heavy atom. The van der Waals surface area contributed by atoms with Crippen LogP contribution in [0.2, 0.25) is 0 Å². The molecule has 5 nitrogen and oxygen atoms in total. The fraction of sp³-hybridized carbons (Fsp3) is 0.125. The molecular formula is C8H9NO4S. The largest absolute Gasteiger partial charge is 0.366 e. The third kappa shape index (κ3) is 2.82. The number of hydrogen-bond donors (Lipinski definition) is 2. The number of hydrogen-bond acceptors (Lipinski definition) is 3. The average molecular weight is 215 g/mol. The number of nitrogens with two attached hydrogens (primary N) is 1. The van der Waals surface area contributed by atoms with Gasteiger partial charge in [-0.3, -0.25) is 9.35 Å². The van der Waals surface area contributed by atoms with Crippen LogP contribution in [0.3, 0.4) is 0 Å². The quantitative estimate of drug-likeness (QED) is 0.702. The molecule has 0 saturated carbocycles. The van der Waals surface area contributed by atoms with Gasteiger partial charge in [0.15, 0.2) is 0 Å². The van der Waals surface area contributed by atoms with Gasteiger partial charge < -0.3 is 5.73 Å². The van der Waals surface area contributed by atoms with Crippen molar-refractivity contribution in [3.63, 3.8) is 0 Å². The van der Waals surface area contributed by atoms with Gasteiger partial charge in [0, 0.05) is 5.56 Å². The summed E-state index contributed by atoms with van der Waals surface area (Å²) in [5.74, 6) is -1.32. The molecule has 3 N–H and O–H groups in total. The SMILES string of the molecule is NC(=O)c1ccccc1CS(=O)(=O)O. The minimum atomic E-state index is -4.14. The van der Waals surface area contributed by atoms with Gasteiger partial charge in [0.1, 0.15) is 5.75 Å². The summed E-state index contributed by atoms with van der Waals surface area (Å²) in [7, 11) is -4.14. The fourth-order valence-corrected chi connectivity index (χ4v) is 1.73. The van der Waals surface area contributed by atoms with Crippen LogP contribution in [-0.2, 0) is 15.9 Å². The molecule has 0 aliphatic heterocycles. The van der Waals surface area contributed by atoms with Gasteiger partial charge in [0.25, 0.3) is 10.1 Å². The molecule has 6 heteroatoms. The second-order valence-corrected chi connectivity index (χ2v) is 4.20. The summed E-state index contributed by atoms with van der Waals surface area (Å²) in [6.07, 6.45) is 0. The average Bonchev–Trinajstić information content (AvgIpc) is 2.01. The van der Waals surface area contributed by atoms with Gasteiger partial charge >= 0.3 is 0 Å². The van der Waals surface area contributed by atoms with Crippen LogP contribution in [0, 0.1) is 0 Å². The van der Waals surface area contributed by atoms with E-state index in [4.69, 9.17) is 10.3 Å². The Kier molecular flexibility index (Phi) is 2.87. The summed E-state index contributed by atoms with van der Waals surface area (Å²) in [4.78, 5) is 10.9. The maximum atomic E-state index is 10.9. The third-order valence-corrected chi connectivity index (χ3v) is 2.30. The number of rotatable bonds is 3. The molecule has 0 fully saturated rings. The minimum Gasteiger partial charge on any atom is -0.366 e. The van der Waals surface area contributed by atoms with Crippen LogP contribution in [0.1, 0.15) is 15.9 Å². The van der Waals surface area contributed by atoms with Gasteiger partial charge in [0.05, 0.1) is 0 Å². The van der Waals surface area contributed by atoms with Gasteiger partial charge in [-0.05, 0) is 11.6 Å². The van der Waals surface area contributed by atoms with Crippen molar-refractivity contribution in [2.75, 3.05) is 0 Å². The molecular weight excluding hydrogens is 206 g/mol. The molecule has 0 atom stereocenters. The molecule has 0 saturated heterocycles. The van der Waals surface area contributed by atoms with Crippen LogP contribution in [-0.4, -0.2) is 18.9 Å². The van der Waals surface area contributed by atoms with E-state index in [0.29, 0.717) is 0 Å². The lowest BCUT2D eigenvalue weighted by Crippen LogP contribution is -2.15. The topological polar surface area (TPSA) is 97.5 Å². The normalized spacial score (nSPS) is 11.2. The molecule has 1 aromatic rings. The van der Waals surface area contributed by atoms with Gasteiger partial charge in [-0.2, -0.15) is 8.42 Å². The predicted molar refractivity (Wildman–Crippen MR) is 50.2 cm³/mol. The molecule has 0 unspecified atom stereocenters. The van der Waals surface area contributed by atoms with Gasteiger partial charge in [-0.1, -0.05) is 18.2 Å². The third-order valence-electron chi connectivity index (χ3n) is 1.62. The van der Waals surface area contributed by atoms with E-state index in [2.05, 4.69) is 0 Å². The van der Waals surface area contributed by atoms with Crippen LogP contribution < -0.4 is 5.73 Å². The Balaban J connectivity index is 3.15. The number of primary amides is 1. The maximum absolute atomic E-state index is 10.9. The van der Waals surface area contributed by atoms with Crippen molar-refractivity contribution in [1.29, 1.82) is 0 Å². The molecule has 0 spiro atoms. The molecule has 0 aliphatic rings. The molecule has 1 amide bonds. The number of amides is 1. The first kappa shape index (κ1) is 10.7. The number of carbonyl (C=O) groups is 1. The number of carbonyl (C=O) groups excluding carboxylic acids is 1. The van der Waals surface area contributed by atoms with E-state index >= 15 is 0 Å². The zero-order valence-corrected chi connectivity index (χ0v) is 7.99. The molecule has 76 valence electrons. The zero-order valence-electron chi connectivity index (χ0n) is 7.17. The molecule has 14 heavy (non-hydrogen) atoms. The smallest absolute Gasteiger partial charge is 0.269 e. The molecule has 0 aliphatic carbocycles.